The van der Waals surface area contributed by atoms with Crippen LogP contribution in [0.2, 0.25) is 0 Å². The molecule has 0 aliphatic heterocycles. The van der Waals surface area contributed by atoms with E-state index in [4.69, 9.17) is 4.74 Å². The average molecular weight is 360 g/mol. The summed E-state index contributed by atoms with van der Waals surface area (Å²) >= 11 is 0. The number of alkyl halides is 3. The van der Waals surface area contributed by atoms with Gasteiger partial charge in [0.15, 0.2) is 0 Å². The number of ether oxygens (including phenoxy) is 1. The highest BCUT2D eigenvalue weighted by Crippen LogP contribution is 2.29. The van der Waals surface area contributed by atoms with Crippen LogP contribution in [0, 0.1) is 0 Å². The highest BCUT2D eigenvalue weighted by molar-refractivity contribution is 5.97. The van der Waals surface area contributed by atoms with E-state index in [1.165, 1.54) is 25.3 Å². The molecule has 1 amide bonds. The van der Waals surface area contributed by atoms with Gasteiger partial charge in [-0.2, -0.15) is 13.2 Å². The highest BCUT2D eigenvalue weighted by Gasteiger charge is 2.29. The summed E-state index contributed by atoms with van der Waals surface area (Å²) in [6.45, 7) is 0.0911. The Morgan fingerprint density at radius 3 is 2.46 bits per heavy atom. The molecule has 0 fully saturated rings. The first-order chi connectivity index (χ1) is 12.4. The first-order valence-corrected chi connectivity index (χ1v) is 7.76. The third kappa shape index (κ3) is 3.77. The molecule has 134 valence electrons. The van der Waals surface area contributed by atoms with Crippen molar-refractivity contribution < 1.29 is 22.7 Å². The van der Waals surface area contributed by atoms with E-state index in [0.29, 0.717) is 16.8 Å². The second-order valence-electron chi connectivity index (χ2n) is 5.60. The van der Waals surface area contributed by atoms with Crippen molar-refractivity contribution in [2.45, 2.75) is 12.7 Å². The number of pyridine rings is 1. The number of benzene rings is 2. The third-order valence-corrected chi connectivity index (χ3v) is 3.87. The second-order valence-corrected chi connectivity index (χ2v) is 5.60. The number of hydrogen-bond acceptors (Lipinski definition) is 3. The smallest absolute Gasteiger partial charge is 0.416 e. The van der Waals surface area contributed by atoms with Gasteiger partial charge in [0.25, 0.3) is 5.91 Å². The van der Waals surface area contributed by atoms with Crippen molar-refractivity contribution in [3.63, 3.8) is 0 Å². The molecule has 3 aromatic rings. The zero-order valence-corrected chi connectivity index (χ0v) is 13.8. The fourth-order valence-electron chi connectivity index (χ4n) is 2.51. The summed E-state index contributed by atoms with van der Waals surface area (Å²) in [7, 11) is 1.51. The first-order valence-electron chi connectivity index (χ1n) is 7.76. The Hall–Kier alpha value is -3.09. The van der Waals surface area contributed by atoms with Gasteiger partial charge in [-0.25, -0.2) is 4.98 Å². The highest BCUT2D eigenvalue weighted by atomic mass is 19.4. The van der Waals surface area contributed by atoms with Crippen LogP contribution in [0.1, 0.15) is 21.6 Å². The molecular formula is C19H15F3N2O2. The van der Waals surface area contributed by atoms with Crippen LogP contribution in [0.15, 0.2) is 54.6 Å². The molecule has 0 saturated carbocycles. The van der Waals surface area contributed by atoms with Crippen molar-refractivity contribution in [1.82, 2.24) is 10.3 Å². The van der Waals surface area contributed by atoms with Crippen LogP contribution >= 0.6 is 0 Å². The lowest BCUT2D eigenvalue weighted by Gasteiger charge is -2.10. The molecule has 0 atom stereocenters. The van der Waals surface area contributed by atoms with Crippen LogP contribution in [0.4, 0.5) is 13.2 Å². The lowest BCUT2D eigenvalue weighted by molar-refractivity contribution is -0.137. The van der Waals surface area contributed by atoms with Crippen molar-refractivity contribution in [3.05, 3.63) is 71.4 Å². The van der Waals surface area contributed by atoms with Gasteiger partial charge in [-0.05, 0) is 29.8 Å². The minimum Gasteiger partial charge on any atom is -0.496 e. The number of amides is 1. The molecule has 1 N–H and O–H groups in total. The maximum Gasteiger partial charge on any atom is 0.416 e. The zero-order chi connectivity index (χ0) is 18.7. The standard InChI is InChI=1S/C19H15F3N2O2/c1-26-17-10-16(24-15-5-3-2-4-14(15)17)18(25)23-11-12-6-8-13(9-7-12)19(20,21)22/h2-10H,11H2,1H3,(H,23,25). The summed E-state index contributed by atoms with van der Waals surface area (Å²) in [4.78, 5) is 16.6. The van der Waals surface area contributed by atoms with Gasteiger partial charge in [-0.3, -0.25) is 4.79 Å². The number of aromatic nitrogens is 1. The zero-order valence-electron chi connectivity index (χ0n) is 13.8. The molecule has 2 aromatic carbocycles. The fourth-order valence-corrected chi connectivity index (χ4v) is 2.51. The summed E-state index contributed by atoms with van der Waals surface area (Å²) in [6.07, 6.45) is -4.38. The van der Waals surface area contributed by atoms with Crippen LogP contribution in [-0.4, -0.2) is 18.0 Å². The first kappa shape index (κ1) is 17.7. The Morgan fingerprint density at radius 1 is 1.12 bits per heavy atom. The molecule has 7 heteroatoms. The predicted octanol–water partition coefficient (Wildman–Crippen LogP) is 4.19. The van der Waals surface area contributed by atoms with E-state index >= 15 is 0 Å². The van der Waals surface area contributed by atoms with E-state index in [-0.39, 0.29) is 12.2 Å². The number of rotatable bonds is 4. The molecule has 4 nitrogen and oxygen atoms in total. The van der Waals surface area contributed by atoms with E-state index in [0.717, 1.165) is 17.5 Å². The van der Waals surface area contributed by atoms with Crippen molar-refractivity contribution in [2.24, 2.45) is 0 Å². The normalized spacial score (nSPS) is 11.4. The number of para-hydroxylation sites is 1. The average Bonchev–Trinajstić information content (AvgIpc) is 2.64. The molecule has 0 aliphatic rings. The number of halogens is 3. The van der Waals surface area contributed by atoms with Crippen molar-refractivity contribution >= 4 is 16.8 Å². The molecular weight excluding hydrogens is 345 g/mol. The van der Waals surface area contributed by atoms with Crippen LogP contribution in [0.5, 0.6) is 5.75 Å². The lowest BCUT2D eigenvalue weighted by Crippen LogP contribution is -2.24. The number of hydrogen-bond donors (Lipinski definition) is 1. The molecule has 1 heterocycles. The summed E-state index contributed by atoms with van der Waals surface area (Å²) in [5, 5.41) is 3.44. The number of carbonyl (C=O) groups is 1. The second kappa shape index (κ2) is 7.03. The largest absolute Gasteiger partial charge is 0.496 e. The van der Waals surface area contributed by atoms with E-state index in [1.54, 1.807) is 12.1 Å². The Balaban J connectivity index is 1.75. The molecule has 0 saturated heterocycles. The fraction of sp³-hybridized carbons (Fsp3) is 0.158. The number of carbonyl (C=O) groups excluding carboxylic acids is 1. The molecule has 0 radical (unpaired) electrons. The topological polar surface area (TPSA) is 51.2 Å². The molecule has 0 spiro atoms. The van der Waals surface area contributed by atoms with Crippen LogP contribution in [-0.2, 0) is 12.7 Å². The van der Waals surface area contributed by atoms with Gasteiger partial charge in [0.05, 0.1) is 18.2 Å². The molecule has 0 unspecified atom stereocenters. The number of methoxy groups -OCH3 is 1. The predicted molar refractivity (Wildman–Crippen MR) is 90.9 cm³/mol. The quantitative estimate of drug-likeness (QED) is 0.759. The summed E-state index contributed by atoms with van der Waals surface area (Å²) < 4.78 is 43.0. The lowest BCUT2D eigenvalue weighted by atomic mass is 10.1. The van der Waals surface area contributed by atoms with Crippen molar-refractivity contribution in [2.75, 3.05) is 7.11 Å². The van der Waals surface area contributed by atoms with Gasteiger partial charge in [-0.15, -0.1) is 0 Å². The van der Waals surface area contributed by atoms with Gasteiger partial charge in [-0.1, -0.05) is 24.3 Å². The SMILES string of the molecule is COc1cc(C(=O)NCc2ccc(C(F)(F)F)cc2)nc2ccccc12. The monoisotopic (exact) mass is 360 g/mol. The molecule has 26 heavy (non-hydrogen) atoms. The van der Waals surface area contributed by atoms with Crippen molar-refractivity contribution in [1.29, 1.82) is 0 Å². The Labute approximate surface area is 147 Å². The molecule has 0 bridgehead atoms. The van der Waals surface area contributed by atoms with E-state index in [1.807, 2.05) is 12.1 Å². The van der Waals surface area contributed by atoms with E-state index in [2.05, 4.69) is 10.3 Å². The summed E-state index contributed by atoms with van der Waals surface area (Å²) in [6, 6.07) is 13.4. The van der Waals surface area contributed by atoms with Crippen LogP contribution in [0.25, 0.3) is 10.9 Å². The maximum atomic E-state index is 12.6. The van der Waals surface area contributed by atoms with Crippen molar-refractivity contribution in [3.8, 4) is 5.75 Å². The minimum absolute atomic E-state index is 0.0911. The maximum absolute atomic E-state index is 12.6. The minimum atomic E-state index is -4.38. The van der Waals surface area contributed by atoms with Crippen LogP contribution < -0.4 is 10.1 Å². The van der Waals surface area contributed by atoms with Gasteiger partial charge in [0, 0.05) is 18.0 Å². The van der Waals surface area contributed by atoms with Gasteiger partial charge < -0.3 is 10.1 Å². The Kier molecular flexibility index (Phi) is 4.79. The van der Waals surface area contributed by atoms with E-state index < -0.39 is 17.6 Å². The van der Waals surface area contributed by atoms with Gasteiger partial charge >= 0.3 is 6.18 Å². The number of nitrogens with zero attached hydrogens (tertiary/aromatic N) is 1. The Morgan fingerprint density at radius 2 is 1.81 bits per heavy atom. The molecule has 0 aliphatic carbocycles. The third-order valence-electron chi connectivity index (χ3n) is 3.87. The van der Waals surface area contributed by atoms with Crippen LogP contribution in [0.3, 0.4) is 0 Å². The van der Waals surface area contributed by atoms with Gasteiger partial charge in [0.2, 0.25) is 0 Å². The number of nitrogens with one attached hydrogen (secondary N) is 1. The molecule has 3 rings (SSSR count). The summed E-state index contributed by atoms with van der Waals surface area (Å²) in [5.41, 5.74) is 0.617. The van der Waals surface area contributed by atoms with Gasteiger partial charge in [0.1, 0.15) is 11.4 Å². The summed E-state index contributed by atoms with van der Waals surface area (Å²) in [5.74, 6) is 0.0873. The van der Waals surface area contributed by atoms with E-state index in [9.17, 15) is 18.0 Å². The Bertz CT molecular complexity index is 938. The molecule has 1 aromatic heterocycles. The number of fused-ring (bicyclic) bond motifs is 1.